The molecule has 25 heavy (non-hydrogen) atoms. The number of hydrogen-bond acceptors (Lipinski definition) is 5. The molecule has 1 N–H and O–H groups in total. The maximum Gasteiger partial charge on any atom is 0.257 e. The highest BCUT2D eigenvalue weighted by atomic mass is 32.1. The predicted octanol–water partition coefficient (Wildman–Crippen LogP) is 3.65. The largest absolute Gasteiger partial charge is 0.312 e. The molecular weight excluding hydrogens is 336 g/mol. The predicted molar refractivity (Wildman–Crippen MR) is 99.1 cm³/mol. The van der Waals surface area contributed by atoms with Crippen LogP contribution in [0.3, 0.4) is 0 Å². The second-order valence-corrected chi connectivity index (χ2v) is 7.17. The molecule has 1 aromatic carbocycles. The molecule has 1 aliphatic rings. The fraction of sp³-hybridized carbons (Fsp3) is 0.444. The van der Waals surface area contributed by atoms with Crippen molar-refractivity contribution in [1.82, 2.24) is 10.2 Å². The summed E-state index contributed by atoms with van der Waals surface area (Å²) in [7, 11) is 0. The fourth-order valence-corrected chi connectivity index (χ4v) is 3.55. The van der Waals surface area contributed by atoms with Crippen molar-refractivity contribution in [1.29, 1.82) is 0 Å². The average Bonchev–Trinajstić information content (AvgIpc) is 3.08. The number of rotatable bonds is 6. The van der Waals surface area contributed by atoms with Gasteiger partial charge in [0, 0.05) is 30.6 Å². The minimum absolute atomic E-state index is 0.150. The lowest BCUT2D eigenvalue weighted by molar-refractivity contribution is -0.119. The molecule has 2 heterocycles. The van der Waals surface area contributed by atoms with Crippen LogP contribution in [0.25, 0.3) is 0 Å². The second kappa shape index (κ2) is 8.20. The van der Waals surface area contributed by atoms with Crippen LogP contribution in [-0.2, 0) is 11.2 Å². The Bertz CT molecular complexity index is 742. The lowest BCUT2D eigenvalue weighted by Gasteiger charge is -2.26. The molecule has 0 atom stereocenters. The van der Waals surface area contributed by atoms with E-state index in [2.05, 4.69) is 22.4 Å². The lowest BCUT2D eigenvalue weighted by atomic mass is 10.1. The number of amides is 2. The van der Waals surface area contributed by atoms with Gasteiger partial charge in [0.2, 0.25) is 11.0 Å². The van der Waals surface area contributed by atoms with Gasteiger partial charge in [0.05, 0.1) is 0 Å². The quantitative estimate of drug-likeness (QED) is 0.855. The Labute approximate surface area is 151 Å². The molecule has 1 saturated heterocycles. The summed E-state index contributed by atoms with van der Waals surface area (Å²) < 4.78 is 0. The molecule has 0 unspecified atom stereocenters. The maximum atomic E-state index is 12.3. The zero-order chi connectivity index (χ0) is 17.6. The van der Waals surface area contributed by atoms with E-state index in [0.29, 0.717) is 17.1 Å². The first kappa shape index (κ1) is 17.5. The van der Waals surface area contributed by atoms with Gasteiger partial charge in [-0.25, -0.2) is 0 Å². The molecule has 0 spiro atoms. The molecule has 6 nitrogen and oxygen atoms in total. The Kier molecular flexibility index (Phi) is 5.75. The van der Waals surface area contributed by atoms with Gasteiger partial charge < -0.3 is 4.90 Å². The standard InChI is InChI=1S/C18H22N4O2S/c1-2-3-6-15-20-21-18(25-15)19-17(24)13-8-10-14(11-9-13)22-12-5-4-7-16(22)23/h8-11H,2-7,12H2,1H3,(H,19,21,24). The van der Waals surface area contributed by atoms with Crippen LogP contribution < -0.4 is 10.2 Å². The van der Waals surface area contributed by atoms with E-state index < -0.39 is 0 Å². The van der Waals surface area contributed by atoms with E-state index in [1.165, 1.54) is 11.3 Å². The van der Waals surface area contributed by atoms with Gasteiger partial charge in [-0.1, -0.05) is 24.7 Å². The highest BCUT2D eigenvalue weighted by Gasteiger charge is 2.19. The van der Waals surface area contributed by atoms with Gasteiger partial charge in [-0.15, -0.1) is 10.2 Å². The summed E-state index contributed by atoms with van der Waals surface area (Å²) >= 11 is 1.41. The van der Waals surface area contributed by atoms with E-state index >= 15 is 0 Å². The third kappa shape index (κ3) is 4.42. The summed E-state index contributed by atoms with van der Waals surface area (Å²) in [5.74, 6) is -0.0633. The normalized spacial score (nSPS) is 14.6. The Morgan fingerprint density at radius 2 is 2.04 bits per heavy atom. The smallest absolute Gasteiger partial charge is 0.257 e. The Morgan fingerprint density at radius 1 is 1.24 bits per heavy atom. The molecule has 0 bridgehead atoms. The van der Waals surface area contributed by atoms with Gasteiger partial charge >= 0.3 is 0 Å². The average molecular weight is 358 g/mol. The van der Waals surface area contributed by atoms with Gasteiger partial charge in [0.15, 0.2) is 0 Å². The Morgan fingerprint density at radius 3 is 2.76 bits per heavy atom. The molecule has 3 rings (SSSR count). The van der Waals surface area contributed by atoms with Crippen molar-refractivity contribution < 1.29 is 9.59 Å². The number of hydrogen-bond donors (Lipinski definition) is 1. The number of aromatic nitrogens is 2. The molecule has 2 amide bonds. The summed E-state index contributed by atoms with van der Waals surface area (Å²) in [5.41, 5.74) is 1.39. The van der Waals surface area contributed by atoms with Crippen molar-refractivity contribution in [2.45, 2.75) is 45.4 Å². The molecule has 1 fully saturated rings. The molecule has 0 radical (unpaired) electrons. The molecule has 0 aliphatic carbocycles. The number of anilines is 2. The van der Waals surface area contributed by atoms with Crippen LogP contribution in [0.1, 0.15) is 54.4 Å². The van der Waals surface area contributed by atoms with Crippen LogP contribution in [0, 0.1) is 0 Å². The number of carbonyl (C=O) groups excluding carboxylic acids is 2. The van der Waals surface area contributed by atoms with Gasteiger partial charge in [0.1, 0.15) is 5.01 Å². The van der Waals surface area contributed by atoms with Crippen LogP contribution in [0.2, 0.25) is 0 Å². The SMILES string of the molecule is CCCCc1nnc(NC(=O)c2ccc(N3CCCCC3=O)cc2)s1. The summed E-state index contributed by atoms with van der Waals surface area (Å²) in [6.45, 7) is 2.88. The molecule has 1 aliphatic heterocycles. The van der Waals surface area contributed by atoms with Crippen LogP contribution in [0.15, 0.2) is 24.3 Å². The molecule has 0 saturated carbocycles. The molecular formula is C18H22N4O2S. The third-order valence-corrected chi connectivity index (χ3v) is 5.09. The monoisotopic (exact) mass is 358 g/mol. The number of benzene rings is 1. The van der Waals surface area contributed by atoms with Crippen LogP contribution >= 0.6 is 11.3 Å². The van der Waals surface area contributed by atoms with Crippen molar-refractivity contribution in [3.05, 3.63) is 34.8 Å². The number of unbranched alkanes of at least 4 members (excludes halogenated alkanes) is 1. The zero-order valence-electron chi connectivity index (χ0n) is 14.3. The van der Waals surface area contributed by atoms with Gasteiger partial charge in [0.25, 0.3) is 5.91 Å². The summed E-state index contributed by atoms with van der Waals surface area (Å²) in [4.78, 5) is 26.1. The molecule has 1 aromatic heterocycles. The second-order valence-electron chi connectivity index (χ2n) is 6.11. The van der Waals surface area contributed by atoms with E-state index in [9.17, 15) is 9.59 Å². The van der Waals surface area contributed by atoms with E-state index in [1.54, 1.807) is 17.0 Å². The van der Waals surface area contributed by atoms with Crippen molar-refractivity contribution in [2.24, 2.45) is 0 Å². The van der Waals surface area contributed by atoms with Gasteiger partial charge in [-0.2, -0.15) is 0 Å². The van der Waals surface area contributed by atoms with Crippen LogP contribution in [0.4, 0.5) is 10.8 Å². The minimum Gasteiger partial charge on any atom is -0.312 e. The first-order valence-corrected chi connectivity index (χ1v) is 9.53. The number of nitrogens with zero attached hydrogens (tertiary/aromatic N) is 3. The van der Waals surface area contributed by atoms with E-state index in [-0.39, 0.29) is 11.8 Å². The number of carbonyl (C=O) groups is 2. The van der Waals surface area contributed by atoms with Crippen LogP contribution in [0.5, 0.6) is 0 Å². The number of piperidine rings is 1. The van der Waals surface area contributed by atoms with Gasteiger partial charge in [-0.05, 0) is 43.5 Å². The fourth-order valence-electron chi connectivity index (χ4n) is 2.77. The highest BCUT2D eigenvalue weighted by molar-refractivity contribution is 7.15. The van der Waals surface area contributed by atoms with Crippen molar-refractivity contribution >= 4 is 34.0 Å². The molecule has 132 valence electrons. The van der Waals surface area contributed by atoms with Crippen LogP contribution in [-0.4, -0.2) is 28.6 Å². The van der Waals surface area contributed by atoms with E-state index in [1.807, 2.05) is 12.1 Å². The number of nitrogens with one attached hydrogen (secondary N) is 1. The van der Waals surface area contributed by atoms with Crippen molar-refractivity contribution in [2.75, 3.05) is 16.8 Å². The van der Waals surface area contributed by atoms with Crippen molar-refractivity contribution in [3.8, 4) is 0 Å². The summed E-state index contributed by atoms with van der Waals surface area (Å²) in [5, 5.41) is 12.4. The maximum absolute atomic E-state index is 12.3. The van der Waals surface area contributed by atoms with Crippen molar-refractivity contribution in [3.63, 3.8) is 0 Å². The lowest BCUT2D eigenvalue weighted by Crippen LogP contribution is -2.35. The van der Waals surface area contributed by atoms with E-state index in [0.717, 1.165) is 49.3 Å². The first-order valence-electron chi connectivity index (χ1n) is 8.71. The Hall–Kier alpha value is -2.28. The van der Waals surface area contributed by atoms with Gasteiger partial charge in [-0.3, -0.25) is 14.9 Å². The zero-order valence-corrected chi connectivity index (χ0v) is 15.1. The molecule has 7 heteroatoms. The summed E-state index contributed by atoms with van der Waals surface area (Å²) in [6, 6.07) is 7.13. The topological polar surface area (TPSA) is 75.2 Å². The third-order valence-electron chi connectivity index (χ3n) is 4.20. The summed E-state index contributed by atoms with van der Waals surface area (Å²) in [6.07, 6.45) is 5.64. The minimum atomic E-state index is -0.213. The first-order chi connectivity index (χ1) is 12.2. The number of aryl methyl sites for hydroxylation is 1. The Balaban J connectivity index is 1.62. The highest BCUT2D eigenvalue weighted by Crippen LogP contribution is 2.22. The molecule has 2 aromatic rings. The van der Waals surface area contributed by atoms with E-state index in [4.69, 9.17) is 0 Å².